The van der Waals surface area contributed by atoms with Crippen LogP contribution in [-0.4, -0.2) is 54.7 Å². The van der Waals surface area contributed by atoms with Gasteiger partial charge in [0.1, 0.15) is 23.0 Å². The Morgan fingerprint density at radius 3 is 1.48 bits per heavy atom. The highest BCUT2D eigenvalue weighted by atomic mass is 16.3. The van der Waals surface area contributed by atoms with Crippen molar-refractivity contribution in [1.82, 2.24) is 0 Å². The number of Topliss-reactive ketones (excluding diaryl/α,β-unsaturated/α-hetero) is 1. The molecule has 61 heavy (non-hydrogen) atoms. The molecule has 0 aromatic heterocycles. The minimum absolute atomic E-state index is 0.0322. The summed E-state index contributed by atoms with van der Waals surface area (Å²) in [5, 5.41) is 59.9. The van der Waals surface area contributed by atoms with Crippen LogP contribution in [0.5, 0.6) is 17.2 Å². The van der Waals surface area contributed by atoms with Crippen molar-refractivity contribution in [1.29, 1.82) is 0 Å². The molecule has 0 spiro atoms. The Kier molecular flexibility index (Phi) is 10.5. The van der Waals surface area contributed by atoms with Crippen molar-refractivity contribution >= 4 is 5.78 Å². The molecule has 0 unspecified atom stereocenters. The van der Waals surface area contributed by atoms with Crippen molar-refractivity contribution in [3.8, 4) is 17.2 Å². The van der Waals surface area contributed by atoms with Crippen LogP contribution in [0, 0.1) is 51.8 Å². The third-order valence-electron chi connectivity index (χ3n) is 19.8. The van der Waals surface area contributed by atoms with Gasteiger partial charge in [-0.2, -0.15) is 0 Å². The Hall–Kier alpha value is -3.39. The van der Waals surface area contributed by atoms with Gasteiger partial charge in [0, 0.05) is 11.8 Å². The molecule has 0 radical (unpaired) electrons. The normalized spacial score (nSPS) is 42.2. The number of aliphatic hydroxyl groups is 3. The van der Waals surface area contributed by atoms with Crippen LogP contribution >= 0.6 is 0 Å². The topological polar surface area (TPSA) is 138 Å². The number of carbonyl (C=O) groups excluding carboxylic acids is 1. The fraction of sp³-hybridized carbons (Fsp3) is 0.648. The summed E-state index contributed by atoms with van der Waals surface area (Å²) in [4.78, 5) is 12.3. The van der Waals surface area contributed by atoms with Gasteiger partial charge in [-0.15, -0.1) is 0 Å². The zero-order chi connectivity index (χ0) is 42.6. The molecule has 0 amide bonds. The van der Waals surface area contributed by atoms with Crippen LogP contribution in [0.25, 0.3) is 0 Å². The first-order chi connectivity index (χ1) is 29.2. The molecule has 6 N–H and O–H groups in total. The molecule has 328 valence electrons. The van der Waals surface area contributed by atoms with Gasteiger partial charge in [-0.3, -0.25) is 4.79 Å². The Labute approximate surface area is 363 Å². The van der Waals surface area contributed by atoms with E-state index in [0.29, 0.717) is 70.4 Å². The average Bonchev–Trinajstić information content (AvgIpc) is 3.82. The number of phenolic OH excluding ortho intramolecular Hbond substituents is 3. The van der Waals surface area contributed by atoms with Gasteiger partial charge in [0.25, 0.3) is 0 Å². The maximum Gasteiger partial charge on any atom is 0.139 e. The summed E-state index contributed by atoms with van der Waals surface area (Å²) >= 11 is 0. The molecule has 0 saturated heterocycles. The summed E-state index contributed by atoms with van der Waals surface area (Å²) < 4.78 is 0. The summed E-state index contributed by atoms with van der Waals surface area (Å²) in [6.45, 7) is 6.70. The molecule has 0 bridgehead atoms. The standard InChI is InChI=1S/C18H24O3.C18H24O2.C18H22O2/c1-18-7-6-13-12-5-3-11(19)8-10(12)2-4-14(13)15(18)9-16(20)17(18)21;2*1-18-9-8-14-13-5-3-12(19)10-11(13)2-4-15(14)16(18)6-7-17(18)20/h3,5,8,13-17,19-21H,2,4,6-7,9H2,1H3;3,5,10,14-17,19-20H,2,4,6-9H2,1H3;3,5,10,14-16,19H,2,4,6-9H2,1H3/t13-,14-,15+,16-,17+,18+;14-,15-,16+,17+,18+;14-,15-,16+,18+/m111/s1. The van der Waals surface area contributed by atoms with E-state index in [1.165, 1.54) is 59.1 Å². The summed E-state index contributed by atoms with van der Waals surface area (Å²) in [5.41, 5.74) is 8.30. The molecule has 15 atom stereocenters. The Bertz CT molecular complexity index is 2160. The van der Waals surface area contributed by atoms with Crippen molar-refractivity contribution < 1.29 is 35.4 Å². The van der Waals surface area contributed by atoms with Crippen molar-refractivity contribution in [2.24, 2.45) is 51.8 Å². The molecule has 6 saturated carbocycles. The minimum Gasteiger partial charge on any atom is -0.508 e. The van der Waals surface area contributed by atoms with E-state index in [0.717, 1.165) is 89.4 Å². The van der Waals surface area contributed by atoms with Crippen LogP contribution in [0.15, 0.2) is 54.6 Å². The predicted molar refractivity (Wildman–Crippen MR) is 237 cm³/mol. The number of phenols is 3. The van der Waals surface area contributed by atoms with Crippen LogP contribution in [0.3, 0.4) is 0 Å². The Balaban J connectivity index is 0.000000110. The number of hydrogen-bond donors (Lipinski definition) is 6. The third kappa shape index (κ3) is 6.71. The number of benzene rings is 3. The molecule has 6 fully saturated rings. The van der Waals surface area contributed by atoms with E-state index in [9.17, 15) is 35.4 Å². The number of ketones is 1. The lowest BCUT2D eigenvalue weighted by Crippen LogP contribution is -2.44. The molecule has 0 heterocycles. The van der Waals surface area contributed by atoms with Crippen molar-refractivity contribution in [2.75, 3.05) is 0 Å². The van der Waals surface area contributed by atoms with E-state index in [-0.39, 0.29) is 22.3 Å². The summed E-state index contributed by atoms with van der Waals surface area (Å²) in [6.07, 6.45) is 16.9. The maximum absolute atomic E-state index is 12.3. The smallest absolute Gasteiger partial charge is 0.139 e. The molecular formula is C54H70O7. The Morgan fingerprint density at radius 1 is 0.492 bits per heavy atom. The lowest BCUT2D eigenvalue weighted by Gasteiger charge is -2.50. The number of carbonyl (C=O) groups is 1. The number of hydrogen-bond acceptors (Lipinski definition) is 7. The summed E-state index contributed by atoms with van der Waals surface area (Å²) in [7, 11) is 0. The predicted octanol–water partition coefficient (Wildman–Crippen LogP) is 10.0. The van der Waals surface area contributed by atoms with Crippen molar-refractivity contribution in [3.05, 3.63) is 88.0 Å². The second kappa shape index (κ2) is 15.4. The van der Waals surface area contributed by atoms with E-state index in [1.54, 1.807) is 6.07 Å². The lowest BCUT2D eigenvalue weighted by molar-refractivity contribution is -0.129. The van der Waals surface area contributed by atoms with Crippen molar-refractivity contribution in [2.45, 2.75) is 166 Å². The molecule has 0 aliphatic heterocycles. The number of aliphatic hydroxyl groups excluding tert-OH is 3. The van der Waals surface area contributed by atoms with E-state index in [1.807, 2.05) is 30.3 Å². The number of rotatable bonds is 0. The first kappa shape index (κ1) is 41.6. The van der Waals surface area contributed by atoms with Gasteiger partial charge < -0.3 is 30.6 Å². The molecule has 7 nitrogen and oxygen atoms in total. The average molecular weight is 831 g/mol. The second-order valence-corrected chi connectivity index (χ2v) is 22.2. The first-order valence-electron chi connectivity index (χ1n) is 24.2. The minimum atomic E-state index is -0.565. The third-order valence-corrected chi connectivity index (χ3v) is 19.8. The lowest BCUT2D eigenvalue weighted by atomic mass is 9.55. The second-order valence-electron chi connectivity index (χ2n) is 22.2. The maximum atomic E-state index is 12.3. The van der Waals surface area contributed by atoms with Gasteiger partial charge in [-0.1, -0.05) is 39.0 Å². The first-order valence-corrected chi connectivity index (χ1v) is 24.2. The number of aryl methyl sites for hydroxylation is 3. The van der Waals surface area contributed by atoms with E-state index >= 15 is 0 Å². The SMILES string of the molecule is C[C@]12CC[C@@H]3c4ccc(O)cc4CC[C@H]3[C@@H]1CCC2=O.C[C@]12CC[C@@H]3c4ccc(O)cc4CC[C@H]3[C@@H]1CC[C@@H]2O.C[C@]12CC[C@@H]3c4ccc(O)cc4CC[C@H]3[C@@H]1C[C@@H](O)[C@@H]2O. The molecular weight excluding hydrogens is 761 g/mol. The van der Waals surface area contributed by atoms with Gasteiger partial charge >= 0.3 is 0 Å². The van der Waals surface area contributed by atoms with E-state index in [4.69, 9.17) is 0 Å². The highest BCUT2D eigenvalue weighted by Crippen LogP contribution is 2.63. The van der Waals surface area contributed by atoms with Crippen LogP contribution in [0.2, 0.25) is 0 Å². The molecule has 12 rings (SSSR count). The number of aromatic hydroxyl groups is 3. The van der Waals surface area contributed by atoms with Gasteiger partial charge in [0.05, 0.1) is 18.3 Å². The molecule has 3 aromatic carbocycles. The molecule has 3 aromatic rings. The zero-order valence-corrected chi connectivity index (χ0v) is 36.7. The molecule has 7 heteroatoms. The van der Waals surface area contributed by atoms with Crippen LogP contribution < -0.4 is 0 Å². The molecule has 9 aliphatic carbocycles. The monoisotopic (exact) mass is 831 g/mol. The number of fused-ring (bicyclic) bond motifs is 15. The largest absolute Gasteiger partial charge is 0.508 e. The van der Waals surface area contributed by atoms with Gasteiger partial charge in [0.15, 0.2) is 0 Å². The highest BCUT2D eigenvalue weighted by Gasteiger charge is 2.58. The summed E-state index contributed by atoms with van der Waals surface area (Å²) in [6, 6.07) is 17.7. The highest BCUT2D eigenvalue weighted by molar-refractivity contribution is 5.87. The van der Waals surface area contributed by atoms with Gasteiger partial charge in [0.2, 0.25) is 0 Å². The van der Waals surface area contributed by atoms with Gasteiger partial charge in [-0.25, -0.2) is 0 Å². The van der Waals surface area contributed by atoms with Crippen LogP contribution in [0.1, 0.15) is 162 Å². The summed E-state index contributed by atoms with van der Waals surface area (Å²) in [5.74, 6) is 7.15. The van der Waals surface area contributed by atoms with Crippen molar-refractivity contribution in [3.63, 3.8) is 0 Å². The Morgan fingerprint density at radius 2 is 0.951 bits per heavy atom. The fourth-order valence-electron chi connectivity index (χ4n) is 16.4. The van der Waals surface area contributed by atoms with Crippen LogP contribution in [-0.2, 0) is 24.1 Å². The van der Waals surface area contributed by atoms with E-state index < -0.39 is 12.2 Å². The zero-order valence-electron chi connectivity index (χ0n) is 36.7. The van der Waals surface area contributed by atoms with Crippen LogP contribution in [0.4, 0.5) is 0 Å². The molecule has 9 aliphatic rings. The van der Waals surface area contributed by atoms with Gasteiger partial charge in [-0.05, 0) is 237 Å². The quantitative estimate of drug-likeness (QED) is 0.133. The van der Waals surface area contributed by atoms with E-state index in [2.05, 4.69) is 39.0 Å². The fourth-order valence-corrected chi connectivity index (χ4v) is 16.4.